The third-order valence-corrected chi connectivity index (χ3v) is 18.1. The lowest BCUT2D eigenvalue weighted by Crippen LogP contribution is -2.62. The molecule has 2 aromatic heterocycles. The number of aromatic nitrogens is 2. The van der Waals surface area contributed by atoms with Crippen molar-refractivity contribution in [1.82, 2.24) is 9.13 Å². The molecule has 89 heavy (non-hydrogen) atoms. The first kappa shape index (κ1) is 38.3. The molecule has 5 heteroatoms. The largest absolute Gasteiger partial charge is 0.310 e. The van der Waals surface area contributed by atoms with E-state index in [2.05, 4.69) is 128 Å². The van der Waals surface area contributed by atoms with Crippen molar-refractivity contribution < 1.29 is 21.9 Å². The Bertz CT molecular complexity index is 5820. The van der Waals surface area contributed by atoms with Gasteiger partial charge in [0.05, 0.1) is 66.7 Å². The van der Waals surface area contributed by atoms with Crippen LogP contribution >= 0.6 is 0 Å². The standard InChI is InChI=1S/C84H63BN4/c1-54-71(86-75-42-20-14-36-65(75)66-37-15-21-43-76(66)86)48-46-69-82(54)88(73-40-18-12-34-63(73)60-32-24-30-58(50-60)56-26-8-6-9-27-56)79-52-62(84(3,4)5)53-80-81(79)85(69)70-47-49-72(87-77-44-22-16-38-67(77)68-39-17-23-45-78(68)87)55(2)83(70)89(80)74-41-19-13-35-64(74)61-33-25-31-59(51-61)57-28-10-7-11-29-57/h6-53H,1-5H3/i14D,15D,16D,17D,20D,21D,22D,23D,36D,37D,38D,39D,42D,43D,44D,45D. The van der Waals surface area contributed by atoms with Crippen LogP contribution in [0.4, 0.5) is 34.1 Å². The topological polar surface area (TPSA) is 16.3 Å². The van der Waals surface area contributed by atoms with Gasteiger partial charge in [0, 0.05) is 55.4 Å². The summed E-state index contributed by atoms with van der Waals surface area (Å²) in [6, 6.07) is 57.9. The normalized spacial score (nSPS) is 15.2. The maximum atomic E-state index is 9.74. The molecule has 0 bridgehead atoms. The zero-order valence-corrected chi connectivity index (χ0v) is 49.3. The molecule has 17 rings (SSSR count). The minimum atomic E-state index is -0.690. The van der Waals surface area contributed by atoms with Crippen LogP contribution in [0.2, 0.25) is 0 Å². The van der Waals surface area contributed by atoms with Crippen molar-refractivity contribution in [2.75, 3.05) is 9.80 Å². The van der Waals surface area contributed by atoms with Gasteiger partial charge >= 0.3 is 0 Å². The fraction of sp³-hybridized carbons (Fsp3) is 0.0714. The van der Waals surface area contributed by atoms with E-state index in [0.29, 0.717) is 33.9 Å². The van der Waals surface area contributed by atoms with Crippen LogP contribution < -0.4 is 26.2 Å². The average molecular weight is 1160 g/mol. The Morgan fingerprint density at radius 2 is 0.674 bits per heavy atom. The van der Waals surface area contributed by atoms with Gasteiger partial charge in [0.2, 0.25) is 0 Å². The predicted octanol–water partition coefficient (Wildman–Crippen LogP) is 20.5. The van der Waals surface area contributed by atoms with E-state index in [1.165, 1.54) is 0 Å². The van der Waals surface area contributed by atoms with E-state index in [1.54, 1.807) is 9.13 Å². The van der Waals surface area contributed by atoms with Gasteiger partial charge in [-0.05, 0) is 158 Å². The molecule has 0 saturated heterocycles. The Morgan fingerprint density at radius 3 is 1.07 bits per heavy atom. The summed E-state index contributed by atoms with van der Waals surface area (Å²) in [5.41, 5.74) is 16.6. The minimum Gasteiger partial charge on any atom is -0.310 e. The molecule has 0 saturated carbocycles. The molecule has 0 N–H and O–H groups in total. The highest BCUT2D eigenvalue weighted by Gasteiger charge is 2.46. The second kappa shape index (κ2) is 20.4. The van der Waals surface area contributed by atoms with Gasteiger partial charge in [-0.1, -0.05) is 239 Å². The summed E-state index contributed by atoms with van der Waals surface area (Å²) in [6.07, 6.45) is 0. The van der Waals surface area contributed by atoms with Gasteiger partial charge in [-0.3, -0.25) is 0 Å². The molecule has 0 atom stereocenters. The van der Waals surface area contributed by atoms with Crippen molar-refractivity contribution in [1.29, 1.82) is 0 Å². The van der Waals surface area contributed by atoms with Gasteiger partial charge in [-0.2, -0.15) is 0 Å². The van der Waals surface area contributed by atoms with Crippen molar-refractivity contribution in [3.8, 4) is 55.9 Å². The number of nitrogens with zero attached hydrogens (tertiary/aromatic N) is 4. The highest BCUT2D eigenvalue weighted by Crippen LogP contribution is 2.53. The lowest BCUT2D eigenvalue weighted by atomic mass is 9.33. The molecule has 0 amide bonds. The summed E-state index contributed by atoms with van der Waals surface area (Å²) >= 11 is 0. The van der Waals surface area contributed by atoms with Gasteiger partial charge in [0.15, 0.2) is 0 Å². The van der Waals surface area contributed by atoms with Crippen LogP contribution in [0.3, 0.4) is 0 Å². The molecular weight excluding hydrogens is 1080 g/mol. The molecule has 13 aromatic carbocycles. The van der Waals surface area contributed by atoms with Crippen LogP contribution in [0.5, 0.6) is 0 Å². The van der Waals surface area contributed by atoms with Gasteiger partial charge in [-0.25, -0.2) is 0 Å². The molecule has 0 radical (unpaired) electrons. The van der Waals surface area contributed by atoms with Crippen molar-refractivity contribution in [2.45, 2.75) is 40.0 Å². The van der Waals surface area contributed by atoms with Crippen molar-refractivity contribution >= 4 is 101 Å². The minimum absolute atomic E-state index is 0.0289. The maximum absolute atomic E-state index is 9.74. The number of hydrogen-bond donors (Lipinski definition) is 0. The second-order valence-corrected chi connectivity index (χ2v) is 24.1. The number of hydrogen-bond acceptors (Lipinski definition) is 2. The van der Waals surface area contributed by atoms with E-state index < -0.39 is 109 Å². The summed E-state index contributed by atoms with van der Waals surface area (Å²) in [4.78, 5) is 4.58. The molecule has 0 spiro atoms. The quantitative estimate of drug-likeness (QED) is 0.141. The SMILES string of the molecule is [2H]c1c([2H])c([2H])c2c(c1[2H])c1c([2H])c([2H])c([2H])c([2H])c1n2-c1ccc2c(c1C)N(c1ccccc1-c1cccc(-c3ccccc3)c1)c1cc(C(C)(C)C)cc3c1B2c1ccc(-n2c4c([2H])c([2H])c([2H])c([2H])c4c4c([2H])c([2H])c([2H])c([2H])c42)c(C)c1N3c1ccccc1-c1cccc(-c2ccccc2)c1. The van der Waals surface area contributed by atoms with Crippen molar-refractivity contribution in [3.63, 3.8) is 0 Å². The van der Waals surface area contributed by atoms with E-state index in [9.17, 15) is 16.4 Å². The monoisotopic (exact) mass is 1150 g/mol. The third kappa shape index (κ3) is 8.15. The predicted molar refractivity (Wildman–Crippen MR) is 379 cm³/mol. The molecule has 4 heterocycles. The van der Waals surface area contributed by atoms with Crippen molar-refractivity contribution in [2.24, 2.45) is 0 Å². The molecule has 2 aliphatic heterocycles. The number of benzene rings is 13. The molecule has 422 valence electrons. The summed E-state index contributed by atoms with van der Waals surface area (Å²) in [5, 5.41) is -0.224. The lowest BCUT2D eigenvalue weighted by Gasteiger charge is -2.47. The van der Waals surface area contributed by atoms with Gasteiger partial charge in [0.1, 0.15) is 0 Å². The smallest absolute Gasteiger partial charge is 0.252 e. The van der Waals surface area contributed by atoms with E-state index in [-0.39, 0.29) is 43.6 Å². The van der Waals surface area contributed by atoms with Gasteiger partial charge in [-0.15, -0.1) is 0 Å². The number of para-hydroxylation sites is 6. The van der Waals surface area contributed by atoms with Crippen LogP contribution in [0.15, 0.2) is 291 Å². The first-order chi connectivity index (χ1) is 50.3. The highest BCUT2D eigenvalue weighted by atomic mass is 15.2. The van der Waals surface area contributed by atoms with Crippen LogP contribution in [0.25, 0.3) is 99.5 Å². The fourth-order valence-electron chi connectivity index (χ4n) is 14.0. The van der Waals surface area contributed by atoms with Gasteiger partial charge < -0.3 is 18.9 Å². The van der Waals surface area contributed by atoms with Gasteiger partial charge in [0.25, 0.3) is 6.71 Å². The third-order valence-electron chi connectivity index (χ3n) is 18.1. The van der Waals surface area contributed by atoms with Crippen LogP contribution in [-0.4, -0.2) is 15.8 Å². The Hall–Kier alpha value is -10.9. The molecule has 4 nitrogen and oxygen atoms in total. The number of rotatable bonds is 8. The first-order valence-electron chi connectivity index (χ1n) is 37.9. The molecule has 0 aliphatic carbocycles. The second-order valence-electron chi connectivity index (χ2n) is 24.1. The molecule has 2 aliphatic rings. The van der Waals surface area contributed by atoms with Crippen molar-refractivity contribution in [3.05, 3.63) is 307 Å². The number of anilines is 6. The Morgan fingerprint density at radius 1 is 0.326 bits per heavy atom. The maximum Gasteiger partial charge on any atom is 0.252 e. The average Bonchev–Trinajstić information content (AvgIpc) is 1.68. The van der Waals surface area contributed by atoms with E-state index in [0.717, 1.165) is 89.2 Å². The molecule has 0 unspecified atom stereocenters. The van der Waals surface area contributed by atoms with Crippen LogP contribution in [0, 0.1) is 13.8 Å². The summed E-state index contributed by atoms with van der Waals surface area (Å²) in [5.74, 6) is 0. The zero-order valence-electron chi connectivity index (χ0n) is 65.3. The summed E-state index contributed by atoms with van der Waals surface area (Å²) < 4.78 is 153. The van der Waals surface area contributed by atoms with Crippen LogP contribution in [0.1, 0.15) is 59.4 Å². The Labute approximate surface area is 543 Å². The summed E-state index contributed by atoms with van der Waals surface area (Å²) in [6.45, 7) is 9.70. The lowest BCUT2D eigenvalue weighted by molar-refractivity contribution is 0.590. The zero-order chi connectivity index (χ0) is 73.6. The van der Waals surface area contributed by atoms with E-state index >= 15 is 0 Å². The van der Waals surface area contributed by atoms with E-state index in [1.807, 2.05) is 111 Å². The Balaban J connectivity index is 1.05. The summed E-state index contributed by atoms with van der Waals surface area (Å²) in [7, 11) is 0. The van der Waals surface area contributed by atoms with Crippen LogP contribution in [-0.2, 0) is 5.41 Å². The molecule has 0 fully saturated rings. The Kier molecular flexibility index (Phi) is 8.77. The number of fused-ring (bicyclic) bond motifs is 10. The molecular formula is C84H63BN4. The molecule has 15 aromatic rings. The fourth-order valence-corrected chi connectivity index (χ4v) is 14.0. The highest BCUT2D eigenvalue weighted by molar-refractivity contribution is 7.00. The first-order valence-corrected chi connectivity index (χ1v) is 29.9. The van der Waals surface area contributed by atoms with E-state index in [4.69, 9.17) is 5.48 Å².